The Morgan fingerprint density at radius 3 is 2.85 bits per heavy atom. The molecule has 1 aliphatic rings. The first-order valence-electron chi connectivity index (χ1n) is 7.60. The third-order valence-corrected chi connectivity index (χ3v) is 4.57. The number of fused-ring (bicyclic) bond motifs is 1. The molecule has 2 aromatic rings. The molecule has 0 radical (unpaired) electrons. The molecule has 1 aliphatic heterocycles. The summed E-state index contributed by atoms with van der Waals surface area (Å²) in [4.78, 5) is 0. The summed E-state index contributed by atoms with van der Waals surface area (Å²) in [5.74, 6) is 0.749. The minimum absolute atomic E-state index is 0.554. The minimum Gasteiger partial charge on any atom is -0.381 e. The van der Waals surface area contributed by atoms with Crippen LogP contribution in [0.3, 0.4) is 0 Å². The van der Waals surface area contributed by atoms with Crippen LogP contribution in [0.15, 0.2) is 30.5 Å². The molecule has 0 saturated carbocycles. The summed E-state index contributed by atoms with van der Waals surface area (Å²) in [6, 6.07) is 9.17. The molecule has 0 aliphatic carbocycles. The molecule has 3 heteroatoms. The maximum atomic E-state index is 5.44. The number of hydrogen-bond donors (Lipinski definition) is 1. The van der Waals surface area contributed by atoms with Crippen molar-refractivity contribution in [2.45, 2.75) is 32.4 Å². The lowest BCUT2D eigenvalue weighted by atomic mass is 9.93. The van der Waals surface area contributed by atoms with Gasteiger partial charge in [0.05, 0.1) is 0 Å². The van der Waals surface area contributed by atoms with E-state index >= 15 is 0 Å². The summed E-state index contributed by atoms with van der Waals surface area (Å²) >= 11 is 0. The van der Waals surface area contributed by atoms with Crippen molar-refractivity contribution in [3.8, 4) is 0 Å². The van der Waals surface area contributed by atoms with Gasteiger partial charge in [-0.15, -0.1) is 0 Å². The minimum atomic E-state index is 0.554. The van der Waals surface area contributed by atoms with Crippen LogP contribution >= 0.6 is 0 Å². The van der Waals surface area contributed by atoms with Crippen molar-refractivity contribution < 1.29 is 4.74 Å². The van der Waals surface area contributed by atoms with Crippen LogP contribution in [0.4, 0.5) is 0 Å². The molecule has 0 spiro atoms. The average molecular weight is 272 g/mol. The second-order valence-electron chi connectivity index (χ2n) is 5.90. The topological polar surface area (TPSA) is 26.2 Å². The Morgan fingerprint density at radius 1 is 1.30 bits per heavy atom. The number of aromatic nitrogens is 1. The highest BCUT2D eigenvalue weighted by Gasteiger charge is 2.20. The van der Waals surface area contributed by atoms with Gasteiger partial charge in [0.2, 0.25) is 0 Å². The van der Waals surface area contributed by atoms with Crippen LogP contribution in [0, 0.1) is 5.92 Å². The number of aryl methyl sites for hydroxylation is 1. The Kier molecular flexibility index (Phi) is 4.08. The summed E-state index contributed by atoms with van der Waals surface area (Å²) in [5.41, 5.74) is 2.70. The molecular formula is C17H24N2O. The molecule has 108 valence electrons. The first kappa shape index (κ1) is 13.7. The van der Waals surface area contributed by atoms with Crippen molar-refractivity contribution in [3.63, 3.8) is 0 Å². The van der Waals surface area contributed by atoms with E-state index in [9.17, 15) is 0 Å². The first-order valence-corrected chi connectivity index (χ1v) is 7.60. The number of para-hydroxylation sites is 1. The molecule has 1 atom stereocenters. The lowest BCUT2D eigenvalue weighted by molar-refractivity contribution is 0.0558. The van der Waals surface area contributed by atoms with Gasteiger partial charge in [0.15, 0.2) is 0 Å². The quantitative estimate of drug-likeness (QED) is 0.925. The predicted molar refractivity (Wildman–Crippen MR) is 82.8 cm³/mol. The normalized spacial score (nSPS) is 18.5. The van der Waals surface area contributed by atoms with Gasteiger partial charge in [0.1, 0.15) is 0 Å². The van der Waals surface area contributed by atoms with Crippen LogP contribution < -0.4 is 5.32 Å². The predicted octanol–water partition coefficient (Wildman–Crippen LogP) is 3.08. The third-order valence-electron chi connectivity index (χ3n) is 4.57. The van der Waals surface area contributed by atoms with E-state index < -0.39 is 0 Å². The largest absolute Gasteiger partial charge is 0.381 e. The Morgan fingerprint density at radius 2 is 2.05 bits per heavy atom. The average Bonchev–Trinajstić information content (AvgIpc) is 2.83. The van der Waals surface area contributed by atoms with Crippen molar-refractivity contribution in [2.75, 3.05) is 13.2 Å². The van der Waals surface area contributed by atoms with Crippen molar-refractivity contribution in [1.82, 2.24) is 9.88 Å². The van der Waals surface area contributed by atoms with Crippen LogP contribution in [0.2, 0.25) is 0 Å². The number of benzene rings is 1. The fourth-order valence-corrected chi connectivity index (χ4v) is 3.22. The molecule has 1 saturated heterocycles. The maximum absolute atomic E-state index is 5.44. The van der Waals surface area contributed by atoms with Crippen molar-refractivity contribution in [2.24, 2.45) is 13.0 Å². The van der Waals surface area contributed by atoms with E-state index in [1.54, 1.807) is 0 Å². The van der Waals surface area contributed by atoms with Crippen LogP contribution in [0.5, 0.6) is 0 Å². The van der Waals surface area contributed by atoms with Gasteiger partial charge in [-0.1, -0.05) is 18.2 Å². The summed E-state index contributed by atoms with van der Waals surface area (Å²) in [7, 11) is 2.12. The molecule has 1 fully saturated rings. The summed E-state index contributed by atoms with van der Waals surface area (Å²) in [5, 5.41) is 5.07. The summed E-state index contributed by atoms with van der Waals surface area (Å²) in [6.07, 6.45) is 4.61. The van der Waals surface area contributed by atoms with Gasteiger partial charge >= 0.3 is 0 Å². The first-order chi connectivity index (χ1) is 9.75. The standard InChI is InChI=1S/C17H24N2O/c1-13(14-7-9-20-10-8-14)18-11-15-12-19(2)17-6-4-3-5-16(15)17/h3-6,12-14,18H,7-11H2,1-2H3. The monoisotopic (exact) mass is 272 g/mol. The SMILES string of the molecule is CC(NCc1cn(C)c2ccccc12)C1CCOCC1. The van der Waals surface area contributed by atoms with Crippen LogP contribution in [0.25, 0.3) is 10.9 Å². The molecule has 0 amide bonds. The number of nitrogens with zero attached hydrogens (tertiary/aromatic N) is 1. The lowest BCUT2D eigenvalue weighted by Crippen LogP contribution is -2.36. The number of hydrogen-bond acceptors (Lipinski definition) is 2. The Hall–Kier alpha value is -1.32. The molecule has 2 heterocycles. The lowest BCUT2D eigenvalue weighted by Gasteiger charge is -2.28. The smallest absolute Gasteiger partial charge is 0.0481 e. The molecule has 1 aromatic heterocycles. The Bertz CT molecular complexity index is 569. The molecule has 1 unspecified atom stereocenters. The second kappa shape index (κ2) is 5.98. The highest BCUT2D eigenvalue weighted by molar-refractivity contribution is 5.83. The van der Waals surface area contributed by atoms with Gasteiger partial charge in [-0.25, -0.2) is 0 Å². The van der Waals surface area contributed by atoms with E-state index in [4.69, 9.17) is 4.74 Å². The van der Waals surface area contributed by atoms with Crippen molar-refractivity contribution in [3.05, 3.63) is 36.0 Å². The molecule has 1 aromatic carbocycles. The number of ether oxygens (including phenoxy) is 1. The fourth-order valence-electron chi connectivity index (χ4n) is 3.22. The molecule has 0 bridgehead atoms. The van der Waals surface area contributed by atoms with Gasteiger partial charge in [0, 0.05) is 49.9 Å². The molecule has 3 rings (SSSR count). The second-order valence-corrected chi connectivity index (χ2v) is 5.90. The highest BCUT2D eigenvalue weighted by atomic mass is 16.5. The van der Waals surface area contributed by atoms with Gasteiger partial charge in [-0.05, 0) is 37.3 Å². The molecule has 3 nitrogen and oxygen atoms in total. The van der Waals surface area contributed by atoms with Crippen LogP contribution in [-0.2, 0) is 18.3 Å². The summed E-state index contributed by atoms with van der Waals surface area (Å²) < 4.78 is 7.66. The number of nitrogens with one attached hydrogen (secondary N) is 1. The van der Waals surface area contributed by atoms with E-state index in [1.807, 2.05) is 0 Å². The number of rotatable bonds is 4. The van der Waals surface area contributed by atoms with Crippen molar-refractivity contribution >= 4 is 10.9 Å². The van der Waals surface area contributed by atoms with E-state index in [1.165, 1.54) is 29.3 Å². The van der Waals surface area contributed by atoms with E-state index in [0.717, 1.165) is 25.7 Å². The van der Waals surface area contributed by atoms with Crippen LogP contribution in [-0.4, -0.2) is 23.8 Å². The molecule has 1 N–H and O–H groups in total. The zero-order valence-electron chi connectivity index (χ0n) is 12.4. The van der Waals surface area contributed by atoms with Gasteiger partial charge in [-0.3, -0.25) is 0 Å². The Balaban J connectivity index is 1.67. The molecule has 20 heavy (non-hydrogen) atoms. The fraction of sp³-hybridized carbons (Fsp3) is 0.529. The van der Waals surface area contributed by atoms with Crippen LogP contribution in [0.1, 0.15) is 25.3 Å². The third kappa shape index (κ3) is 2.74. The van der Waals surface area contributed by atoms with Crippen molar-refractivity contribution in [1.29, 1.82) is 0 Å². The highest BCUT2D eigenvalue weighted by Crippen LogP contribution is 2.22. The van der Waals surface area contributed by atoms with E-state index in [0.29, 0.717) is 6.04 Å². The van der Waals surface area contributed by atoms with Gasteiger partial charge in [-0.2, -0.15) is 0 Å². The van der Waals surface area contributed by atoms with E-state index in [-0.39, 0.29) is 0 Å². The molecular weight excluding hydrogens is 248 g/mol. The van der Waals surface area contributed by atoms with Gasteiger partial charge in [0.25, 0.3) is 0 Å². The zero-order valence-corrected chi connectivity index (χ0v) is 12.4. The zero-order chi connectivity index (χ0) is 13.9. The van der Waals surface area contributed by atoms with E-state index in [2.05, 4.69) is 54.3 Å². The van der Waals surface area contributed by atoms with Gasteiger partial charge < -0.3 is 14.6 Å². The maximum Gasteiger partial charge on any atom is 0.0481 e. The summed E-state index contributed by atoms with van der Waals surface area (Å²) in [6.45, 7) is 5.09. The Labute approximate surface area is 120 Å².